The van der Waals surface area contributed by atoms with Gasteiger partial charge in [0.1, 0.15) is 6.20 Å². The van der Waals surface area contributed by atoms with Gasteiger partial charge in [0.2, 0.25) is 0 Å². The van der Waals surface area contributed by atoms with Crippen molar-refractivity contribution in [2.24, 2.45) is 10.5 Å². The van der Waals surface area contributed by atoms with E-state index in [1.54, 1.807) is 0 Å². The molecule has 13 heavy (non-hydrogen) atoms. The van der Waals surface area contributed by atoms with Crippen molar-refractivity contribution in [2.75, 3.05) is 20.7 Å². The van der Waals surface area contributed by atoms with Crippen molar-refractivity contribution < 1.29 is 9.33 Å². The highest BCUT2D eigenvalue weighted by Gasteiger charge is 2.21. The van der Waals surface area contributed by atoms with Crippen LogP contribution in [0, 0.1) is 5.41 Å². The lowest BCUT2D eigenvalue weighted by atomic mass is 9.99. The van der Waals surface area contributed by atoms with Gasteiger partial charge in [0.15, 0.2) is 0 Å². The summed E-state index contributed by atoms with van der Waals surface area (Å²) in [7, 11) is 4.01. The van der Waals surface area contributed by atoms with Gasteiger partial charge in [-0.2, -0.15) is 4.59 Å². The van der Waals surface area contributed by atoms with Crippen LogP contribution in [0.25, 0.3) is 0 Å². The molecule has 0 aromatic rings. The maximum absolute atomic E-state index is 5.55. The Labute approximate surface area is 80.3 Å². The summed E-state index contributed by atoms with van der Waals surface area (Å²) < 4.78 is 6.08. The first kappa shape index (κ1) is 10.3. The number of hydrogen-bond donors (Lipinski definition) is 0. The molecule has 3 nitrogen and oxygen atoms in total. The first-order valence-corrected chi connectivity index (χ1v) is 4.54. The lowest BCUT2D eigenvalue weighted by molar-refractivity contribution is -0.843. The van der Waals surface area contributed by atoms with Crippen LogP contribution in [0.2, 0.25) is 0 Å². The average Bonchev–Trinajstić information content (AvgIpc) is 2.24. The van der Waals surface area contributed by atoms with Crippen LogP contribution in [-0.2, 0) is 4.74 Å². The van der Waals surface area contributed by atoms with Crippen LogP contribution in [0.1, 0.15) is 20.8 Å². The third-order valence-corrected chi connectivity index (χ3v) is 1.59. The molecule has 0 atom stereocenters. The van der Waals surface area contributed by atoms with Crippen LogP contribution in [0.4, 0.5) is 0 Å². The summed E-state index contributed by atoms with van der Waals surface area (Å²) in [6.07, 6.45) is 3.92. The number of rotatable bonds is 1. The van der Waals surface area contributed by atoms with Crippen molar-refractivity contribution in [1.29, 1.82) is 0 Å². The monoisotopic (exact) mass is 183 g/mol. The molecule has 0 unspecified atom stereocenters. The van der Waals surface area contributed by atoms with E-state index in [0.717, 1.165) is 5.90 Å². The summed E-state index contributed by atoms with van der Waals surface area (Å²) in [5.41, 5.74) is 0.191. The lowest BCUT2D eigenvalue weighted by Gasteiger charge is -2.18. The molecule has 1 aliphatic heterocycles. The maximum atomic E-state index is 5.55. The van der Waals surface area contributed by atoms with E-state index >= 15 is 0 Å². The number of nitrogens with zero attached hydrogens (tertiary/aromatic N) is 2. The van der Waals surface area contributed by atoms with Crippen molar-refractivity contribution in [3.8, 4) is 0 Å². The van der Waals surface area contributed by atoms with Gasteiger partial charge in [-0.25, -0.2) is 0 Å². The predicted molar refractivity (Wildman–Crippen MR) is 54.1 cm³/mol. The van der Waals surface area contributed by atoms with Crippen molar-refractivity contribution in [2.45, 2.75) is 20.8 Å². The first-order chi connectivity index (χ1) is 5.79. The zero-order chi connectivity index (χ0) is 10.1. The van der Waals surface area contributed by atoms with Crippen molar-refractivity contribution in [1.82, 2.24) is 0 Å². The fraction of sp³-hybridized carbons (Fsp3) is 0.700. The summed E-state index contributed by atoms with van der Waals surface area (Å²) in [4.78, 5) is 0. The smallest absolute Gasteiger partial charge is 0.272 e. The Morgan fingerprint density at radius 2 is 2.00 bits per heavy atom. The molecular weight excluding hydrogens is 164 g/mol. The molecule has 0 aromatic carbocycles. The van der Waals surface area contributed by atoms with Crippen LogP contribution in [0.3, 0.4) is 0 Å². The van der Waals surface area contributed by atoms with Crippen LogP contribution >= 0.6 is 0 Å². The van der Waals surface area contributed by atoms with Gasteiger partial charge >= 0.3 is 0 Å². The molecule has 0 aliphatic carbocycles. The van der Waals surface area contributed by atoms with Gasteiger partial charge in [-0.1, -0.05) is 20.8 Å². The molecule has 0 radical (unpaired) electrons. The molecule has 3 heteroatoms. The molecule has 74 valence electrons. The van der Waals surface area contributed by atoms with E-state index in [-0.39, 0.29) is 5.41 Å². The highest BCUT2D eigenvalue weighted by atomic mass is 16.5. The van der Waals surface area contributed by atoms with E-state index in [1.807, 2.05) is 26.4 Å². The molecule has 0 spiro atoms. The zero-order valence-corrected chi connectivity index (χ0v) is 9.16. The minimum absolute atomic E-state index is 0.191. The number of hydrogen-bond acceptors (Lipinski definition) is 2. The molecule has 1 heterocycles. The van der Waals surface area contributed by atoms with Crippen LogP contribution in [0.15, 0.2) is 17.4 Å². The fourth-order valence-electron chi connectivity index (χ4n) is 0.934. The molecule has 0 saturated carbocycles. The molecule has 1 aliphatic rings. The Kier molecular flexibility index (Phi) is 2.48. The third kappa shape index (κ3) is 3.59. The molecule has 0 saturated heterocycles. The van der Waals surface area contributed by atoms with E-state index in [1.165, 1.54) is 0 Å². The standard InChI is InChI=1S/C10H19N2O/c1-10(2,3)8-13-9-6-7-12(4,5)11-9/h6-7H,8H2,1-5H3/q+1. The first-order valence-electron chi connectivity index (χ1n) is 4.54. The van der Waals surface area contributed by atoms with Gasteiger partial charge in [0, 0.05) is 0 Å². The normalized spacial score (nSPS) is 20.2. The Balaban J connectivity index is 2.46. The van der Waals surface area contributed by atoms with Crippen LogP contribution in [0.5, 0.6) is 0 Å². The Bertz CT molecular complexity index is 246. The number of quaternary nitrogens is 1. The van der Waals surface area contributed by atoms with E-state index in [9.17, 15) is 0 Å². The molecular formula is C10H19N2O+. The fourth-order valence-corrected chi connectivity index (χ4v) is 0.934. The van der Waals surface area contributed by atoms with Crippen molar-refractivity contribution in [3.05, 3.63) is 12.3 Å². The van der Waals surface area contributed by atoms with Crippen LogP contribution in [-0.4, -0.2) is 31.2 Å². The summed E-state index contributed by atoms with van der Waals surface area (Å²) >= 11 is 0. The number of ether oxygens (including phenoxy) is 1. The Hall–Kier alpha value is -0.830. The maximum Gasteiger partial charge on any atom is 0.272 e. The summed E-state index contributed by atoms with van der Waals surface area (Å²) in [6, 6.07) is 0. The van der Waals surface area contributed by atoms with Gasteiger partial charge in [-0.05, 0) is 10.5 Å². The second-order valence-corrected chi connectivity index (χ2v) is 5.08. The molecule has 0 bridgehead atoms. The second-order valence-electron chi connectivity index (χ2n) is 5.08. The molecule has 0 aromatic heterocycles. The topological polar surface area (TPSA) is 21.6 Å². The predicted octanol–water partition coefficient (Wildman–Crippen LogP) is 1.97. The van der Waals surface area contributed by atoms with Crippen LogP contribution < -0.4 is 0 Å². The van der Waals surface area contributed by atoms with Gasteiger partial charge in [0.25, 0.3) is 5.90 Å². The van der Waals surface area contributed by atoms with Crippen molar-refractivity contribution in [3.63, 3.8) is 0 Å². The van der Waals surface area contributed by atoms with Gasteiger partial charge in [0.05, 0.1) is 26.8 Å². The minimum atomic E-state index is 0.191. The second kappa shape index (κ2) is 3.14. The highest BCUT2D eigenvalue weighted by Crippen LogP contribution is 2.16. The average molecular weight is 183 g/mol. The quantitative estimate of drug-likeness (QED) is 0.569. The molecule has 0 N–H and O–H groups in total. The van der Waals surface area contributed by atoms with Gasteiger partial charge in [-0.3, -0.25) is 0 Å². The Morgan fingerprint density at radius 3 is 2.38 bits per heavy atom. The lowest BCUT2D eigenvalue weighted by Crippen LogP contribution is -2.24. The van der Waals surface area contributed by atoms with Gasteiger partial charge < -0.3 is 4.74 Å². The highest BCUT2D eigenvalue weighted by molar-refractivity contribution is 5.87. The Morgan fingerprint density at radius 1 is 1.38 bits per heavy atom. The third-order valence-electron chi connectivity index (χ3n) is 1.59. The van der Waals surface area contributed by atoms with E-state index < -0.39 is 0 Å². The summed E-state index contributed by atoms with van der Waals surface area (Å²) in [6.45, 7) is 7.14. The molecule has 1 rings (SSSR count). The minimum Gasteiger partial charge on any atom is -0.474 e. The van der Waals surface area contributed by atoms with E-state index in [2.05, 4.69) is 25.9 Å². The van der Waals surface area contributed by atoms with Crippen molar-refractivity contribution >= 4 is 5.90 Å². The summed E-state index contributed by atoms with van der Waals surface area (Å²) in [5.74, 6) is 0.736. The zero-order valence-electron chi connectivity index (χ0n) is 9.16. The SMILES string of the molecule is CC(C)(C)COC1=N[N+](C)(C)C=C1. The van der Waals surface area contributed by atoms with E-state index in [4.69, 9.17) is 4.74 Å². The largest absolute Gasteiger partial charge is 0.474 e. The van der Waals surface area contributed by atoms with Gasteiger partial charge in [-0.15, -0.1) is 0 Å². The molecule has 0 amide bonds. The summed E-state index contributed by atoms with van der Waals surface area (Å²) in [5, 5.41) is 4.34. The van der Waals surface area contributed by atoms with E-state index in [0.29, 0.717) is 11.2 Å². The molecule has 0 fully saturated rings.